The monoisotopic (exact) mass is 1670 g/mol. The summed E-state index contributed by atoms with van der Waals surface area (Å²) in [4.78, 5) is 72.0. The summed E-state index contributed by atoms with van der Waals surface area (Å²) >= 11 is 0. The van der Waals surface area contributed by atoms with Crippen molar-refractivity contribution in [3.8, 4) is 0 Å². The molecule has 2 fully saturated rings. The zero-order valence-corrected chi connectivity index (χ0v) is 78.0. The first-order valence-electron chi connectivity index (χ1n) is 51.8. The minimum absolute atomic E-state index is 0.00423. The molecule has 0 aliphatic carbocycles. The normalized spacial score (nSPS) is 19.3. The molecule has 0 aromatic rings. The van der Waals surface area contributed by atoms with Crippen LogP contribution in [0.4, 0.5) is 0 Å². The molecule has 2 heterocycles. The van der Waals surface area contributed by atoms with Crippen molar-refractivity contribution in [2.75, 3.05) is 19.8 Å². The highest BCUT2D eigenvalue weighted by atomic mass is 16.8. The fourth-order valence-electron chi connectivity index (χ4n) is 17.5. The number of hydrogen-bond donors (Lipinski definition) is 3. The maximum atomic E-state index is 14.6. The molecule has 2 aliphatic heterocycles. The first-order chi connectivity index (χ1) is 58.0. The van der Waals surface area contributed by atoms with Gasteiger partial charge in [-0.05, 0) is 32.1 Å². The van der Waals surface area contributed by atoms with Crippen molar-refractivity contribution in [2.45, 2.75) is 603 Å². The van der Waals surface area contributed by atoms with Crippen LogP contribution in [-0.2, 0) is 61.9 Å². The van der Waals surface area contributed by atoms with Gasteiger partial charge in [0.25, 0.3) is 0 Å². The molecule has 0 bridgehead atoms. The van der Waals surface area contributed by atoms with Gasteiger partial charge in [-0.2, -0.15) is 0 Å². The van der Waals surface area contributed by atoms with Crippen molar-refractivity contribution in [3.63, 3.8) is 0 Å². The standard InChI is InChI=1S/C102H192O16/c1-6-11-16-21-26-31-36-41-46-51-56-61-66-71-76-81-91(106)112-96-89(86-103)111-101(99(115-94(109)84-79-74-69-64-59-54-49-44-39-34-29-24-19-14-9-4)98(96)114-93(108)83-78-73-68-63-58-53-48-43-38-33-28-23-18-13-8-3)118-102(88-105)100(116-95(110)85-80-75-70-65-60-55-50-45-40-35-30-25-20-15-10-5)97(90(87-104)117-102)113-92(107)82-77-72-67-62-57-52-47-42-37-32-27-22-17-12-7-2/h89-90,96-101,103-105H,6-88H2,1-5H3/t89-,90-,96-,97-,98+,99-,100+,101-,102+/m1/s1. The van der Waals surface area contributed by atoms with Crippen LogP contribution >= 0.6 is 0 Å². The summed E-state index contributed by atoms with van der Waals surface area (Å²) in [6.07, 6.45) is 74.3. The fourth-order valence-corrected chi connectivity index (χ4v) is 17.5. The maximum Gasteiger partial charge on any atom is 0.306 e. The number of unbranched alkanes of at least 4 members (excludes halogenated alkanes) is 70. The second-order valence-electron chi connectivity index (χ2n) is 36.4. The highest BCUT2D eigenvalue weighted by molar-refractivity contribution is 5.72. The summed E-state index contributed by atoms with van der Waals surface area (Å²) in [7, 11) is 0. The Labute approximate surface area is 726 Å². The van der Waals surface area contributed by atoms with Gasteiger partial charge < -0.3 is 53.2 Å². The lowest BCUT2D eigenvalue weighted by Crippen LogP contribution is -2.65. The first kappa shape index (κ1) is 111. The topological polar surface area (TPSA) is 220 Å². The third-order valence-corrected chi connectivity index (χ3v) is 25.2. The Hall–Kier alpha value is -2.89. The van der Waals surface area contributed by atoms with E-state index in [-0.39, 0.29) is 32.1 Å². The summed E-state index contributed by atoms with van der Waals surface area (Å²) in [6, 6.07) is 0. The van der Waals surface area contributed by atoms with Crippen LogP contribution in [0.25, 0.3) is 0 Å². The van der Waals surface area contributed by atoms with Crippen LogP contribution < -0.4 is 0 Å². The smallest absolute Gasteiger partial charge is 0.306 e. The minimum Gasteiger partial charge on any atom is -0.455 e. The zero-order chi connectivity index (χ0) is 85.4. The Morgan fingerprint density at radius 1 is 0.229 bits per heavy atom. The third kappa shape index (κ3) is 60.6. The van der Waals surface area contributed by atoms with E-state index < -0.39 is 104 Å². The Kier molecular flexibility index (Phi) is 77.6. The molecule has 3 N–H and O–H groups in total. The second kappa shape index (κ2) is 82.4. The number of carbonyl (C=O) groups is 5. The Morgan fingerprint density at radius 3 is 0.627 bits per heavy atom. The minimum atomic E-state index is -2.46. The molecular formula is C102H192O16. The van der Waals surface area contributed by atoms with E-state index in [1.165, 1.54) is 321 Å². The van der Waals surface area contributed by atoms with Crippen molar-refractivity contribution in [2.24, 2.45) is 0 Å². The molecule has 0 radical (unpaired) electrons. The summed E-state index contributed by atoms with van der Waals surface area (Å²) in [5.74, 6) is -5.62. The van der Waals surface area contributed by atoms with Crippen LogP contribution in [0.1, 0.15) is 548 Å². The predicted octanol–water partition coefficient (Wildman–Crippen LogP) is 28.7. The Morgan fingerprint density at radius 2 is 0.415 bits per heavy atom. The molecule has 2 rings (SSSR count). The molecule has 0 aromatic carbocycles. The van der Waals surface area contributed by atoms with Gasteiger partial charge in [-0.15, -0.1) is 0 Å². The van der Waals surface area contributed by atoms with Gasteiger partial charge in [-0.25, -0.2) is 0 Å². The molecule has 0 saturated carbocycles. The van der Waals surface area contributed by atoms with E-state index in [4.69, 9.17) is 37.9 Å². The number of ether oxygens (including phenoxy) is 8. The Balaban J connectivity index is 2.50. The lowest BCUT2D eigenvalue weighted by Gasteiger charge is -2.46. The molecule has 118 heavy (non-hydrogen) atoms. The SMILES string of the molecule is CCCCCCCCCCCCCCCCCC(=O)O[C@@H]1[C@@H](OC(=O)CCCCCCCCCCCCCCCCC)[C@@H](O[C@]2(CO)O[C@H](CO)[C@@H](OC(=O)CCCCCCCCCCCCCCCCC)[C@@H]2OC(=O)CCCCCCCCCCCCCCCCC)O[C@H](CO)[C@H]1OC(=O)CCCCCCCCCCCCCCCCC. The maximum absolute atomic E-state index is 14.6. The molecular weight excluding hydrogens is 1480 g/mol. The quantitative estimate of drug-likeness (QED) is 0.0293. The van der Waals surface area contributed by atoms with Gasteiger partial charge in [-0.3, -0.25) is 24.0 Å². The molecule has 0 unspecified atom stereocenters. The van der Waals surface area contributed by atoms with Crippen LogP contribution in [0.15, 0.2) is 0 Å². The lowest BCUT2D eigenvalue weighted by atomic mass is 9.97. The van der Waals surface area contributed by atoms with E-state index in [9.17, 15) is 39.3 Å². The molecule has 0 aromatic heterocycles. The van der Waals surface area contributed by atoms with E-state index in [1.807, 2.05) is 0 Å². The molecule has 0 spiro atoms. The number of esters is 5. The van der Waals surface area contributed by atoms with Gasteiger partial charge in [0.15, 0.2) is 30.5 Å². The summed E-state index contributed by atoms with van der Waals surface area (Å²) < 4.78 is 51.8. The van der Waals surface area contributed by atoms with Crippen LogP contribution in [0.5, 0.6) is 0 Å². The van der Waals surface area contributed by atoms with Gasteiger partial charge >= 0.3 is 29.8 Å². The van der Waals surface area contributed by atoms with Crippen molar-refractivity contribution in [3.05, 3.63) is 0 Å². The molecule has 9 atom stereocenters. The summed E-state index contributed by atoms with van der Waals surface area (Å²) in [5, 5.41) is 34.5. The average molecular weight is 1670 g/mol. The van der Waals surface area contributed by atoms with E-state index in [2.05, 4.69) is 34.6 Å². The van der Waals surface area contributed by atoms with Gasteiger partial charge in [0.05, 0.1) is 13.2 Å². The summed E-state index contributed by atoms with van der Waals surface area (Å²) in [6.45, 7) is 8.73. The molecule has 2 saturated heterocycles. The van der Waals surface area contributed by atoms with Crippen molar-refractivity contribution in [1.82, 2.24) is 0 Å². The van der Waals surface area contributed by atoms with Crippen molar-refractivity contribution in [1.29, 1.82) is 0 Å². The molecule has 16 heteroatoms. The predicted molar refractivity (Wildman–Crippen MR) is 486 cm³/mol. The summed E-state index contributed by atoms with van der Waals surface area (Å²) in [5.41, 5.74) is 0. The number of rotatable bonds is 90. The van der Waals surface area contributed by atoms with Crippen molar-refractivity contribution < 1.29 is 77.2 Å². The van der Waals surface area contributed by atoms with Gasteiger partial charge in [-0.1, -0.05) is 484 Å². The first-order valence-corrected chi connectivity index (χ1v) is 51.8. The van der Waals surface area contributed by atoms with Crippen LogP contribution in [0, 0.1) is 0 Å². The number of aliphatic hydroxyl groups excluding tert-OH is 3. The highest BCUT2D eigenvalue weighted by Crippen LogP contribution is 2.42. The van der Waals surface area contributed by atoms with Crippen LogP contribution in [-0.4, -0.2) is 120 Å². The van der Waals surface area contributed by atoms with Gasteiger partial charge in [0.2, 0.25) is 12.1 Å². The van der Waals surface area contributed by atoms with Crippen LogP contribution in [0.2, 0.25) is 0 Å². The number of hydrogen-bond acceptors (Lipinski definition) is 16. The molecule has 2 aliphatic rings. The number of aliphatic hydroxyl groups is 3. The third-order valence-electron chi connectivity index (χ3n) is 25.2. The number of carbonyl (C=O) groups excluding carboxylic acids is 5. The van der Waals surface area contributed by atoms with Gasteiger partial charge in [0.1, 0.15) is 18.8 Å². The molecule has 0 amide bonds. The van der Waals surface area contributed by atoms with E-state index in [1.54, 1.807) is 0 Å². The zero-order valence-electron chi connectivity index (χ0n) is 78.0. The lowest BCUT2D eigenvalue weighted by molar-refractivity contribution is -0.384. The molecule has 696 valence electrons. The van der Waals surface area contributed by atoms with E-state index in [0.717, 1.165) is 128 Å². The van der Waals surface area contributed by atoms with E-state index >= 15 is 0 Å². The average Bonchev–Trinajstić information content (AvgIpc) is 1.56. The fraction of sp³-hybridized carbons (Fsp3) is 0.951. The highest BCUT2D eigenvalue weighted by Gasteiger charge is 2.64. The van der Waals surface area contributed by atoms with E-state index in [0.29, 0.717) is 32.1 Å². The Bertz CT molecular complexity index is 2230. The second-order valence-corrected chi connectivity index (χ2v) is 36.4. The van der Waals surface area contributed by atoms with Crippen molar-refractivity contribution >= 4 is 29.8 Å². The van der Waals surface area contributed by atoms with Crippen LogP contribution in [0.3, 0.4) is 0 Å². The van der Waals surface area contributed by atoms with Gasteiger partial charge in [0, 0.05) is 32.1 Å². The largest absolute Gasteiger partial charge is 0.455 e. The molecule has 16 nitrogen and oxygen atoms in total.